The number of aromatic nitrogens is 3. The second-order valence-electron chi connectivity index (χ2n) is 2.01. The lowest BCUT2D eigenvalue weighted by atomic mass is 10.8. The van der Waals surface area contributed by atoms with Gasteiger partial charge < -0.3 is 21.7 Å². The Kier molecular flexibility index (Phi) is 2.39. The van der Waals surface area contributed by atoms with E-state index < -0.39 is 17.5 Å². The summed E-state index contributed by atoms with van der Waals surface area (Å²) in [4.78, 5) is 9.88. The molecule has 1 aromatic rings. The Morgan fingerprint density at radius 2 is 1.62 bits per heavy atom. The maximum absolute atomic E-state index is 12.7. The normalized spacial score (nSPS) is 10.5. The molecule has 0 spiro atoms. The maximum Gasteiger partial charge on any atom is 0.266 e. The van der Waals surface area contributed by atoms with Gasteiger partial charge in [-0.2, -0.15) is 15.0 Å². The fraction of sp³-hybridized carbons (Fsp3) is 0.250. The van der Waals surface area contributed by atoms with Gasteiger partial charge in [-0.1, -0.05) is 4.48 Å². The van der Waals surface area contributed by atoms with Gasteiger partial charge >= 0.3 is 0 Å². The molecule has 0 atom stereocenters. The molecule has 0 saturated carbocycles. The molecule has 0 aliphatic heterocycles. The van der Waals surface area contributed by atoms with Crippen LogP contribution in [0.1, 0.15) is 0 Å². The zero-order valence-corrected chi connectivity index (χ0v) is 6.29. The fourth-order valence-electron chi connectivity index (χ4n) is 0.596. The van der Waals surface area contributed by atoms with Crippen LogP contribution >= 0.6 is 0 Å². The molecule has 0 radical (unpaired) electrons. The minimum absolute atomic E-state index is 0.314. The van der Waals surface area contributed by atoms with Crippen molar-refractivity contribution in [3.05, 3.63) is 0 Å². The second kappa shape index (κ2) is 3.33. The van der Waals surface area contributed by atoms with Gasteiger partial charge in [-0.25, -0.2) is 0 Å². The largest absolute Gasteiger partial charge is 0.368 e. The van der Waals surface area contributed by atoms with Crippen molar-refractivity contribution in [2.24, 2.45) is 0 Å². The van der Waals surface area contributed by atoms with Crippen LogP contribution in [-0.4, -0.2) is 31.6 Å². The summed E-state index contributed by atoms with van der Waals surface area (Å²) >= 11 is 0. The molecule has 13 heavy (non-hydrogen) atoms. The van der Waals surface area contributed by atoms with Gasteiger partial charge in [0.1, 0.15) is 0 Å². The molecule has 0 aromatic carbocycles. The first kappa shape index (κ1) is 9.35. The van der Waals surface area contributed by atoms with Crippen LogP contribution in [0.3, 0.4) is 0 Å². The van der Waals surface area contributed by atoms with Gasteiger partial charge in [0.2, 0.25) is 11.9 Å². The Balaban J connectivity index is 3.01. The molecule has 1 heterocycles. The molecule has 0 aliphatic carbocycles. The number of hydrogen-bond donors (Lipinski definition) is 4. The summed E-state index contributed by atoms with van der Waals surface area (Å²) in [5.41, 5.74) is 10.2. The molecule has 1 aromatic heterocycles. The van der Waals surface area contributed by atoms with Crippen LogP contribution in [0.4, 0.5) is 22.3 Å². The van der Waals surface area contributed by atoms with E-state index in [1.165, 1.54) is 0 Å². The predicted molar refractivity (Wildman–Crippen MR) is 40.5 cm³/mol. The number of halogens is 1. The topological polar surface area (TPSA) is 134 Å². The van der Waals surface area contributed by atoms with Crippen molar-refractivity contribution in [1.82, 2.24) is 15.0 Å². The number of aliphatic hydroxyl groups excluding tert-OH is 1. The Labute approximate surface area is 71.6 Å². The Bertz CT molecular complexity index is 286. The molecule has 1 rings (SSSR count). The lowest BCUT2D eigenvalue weighted by Gasteiger charge is -2.12. The predicted octanol–water partition coefficient (Wildman–Crippen LogP) is -2.00. The molecule has 0 fully saturated rings. The smallest absolute Gasteiger partial charge is 0.266 e. The lowest BCUT2D eigenvalue weighted by Crippen LogP contribution is -2.29. The Hall–Kier alpha value is -1.74. The highest BCUT2D eigenvalue weighted by Crippen LogP contribution is 2.11. The van der Waals surface area contributed by atoms with E-state index in [1.54, 1.807) is 0 Å². The van der Waals surface area contributed by atoms with Crippen LogP contribution in [0.25, 0.3) is 0 Å². The summed E-state index contributed by atoms with van der Waals surface area (Å²) in [7, 11) is 0. The SMILES string of the molecule is Nc1nc(N)nc(N(F)C(O)O)n1. The number of aliphatic hydroxyl groups is 2. The third kappa shape index (κ3) is 2.10. The number of rotatable bonds is 2. The average molecular weight is 190 g/mol. The highest BCUT2D eigenvalue weighted by atomic mass is 19.2. The monoisotopic (exact) mass is 190 g/mol. The van der Waals surface area contributed by atoms with Gasteiger partial charge in [0.15, 0.2) is 0 Å². The minimum Gasteiger partial charge on any atom is -0.368 e. The van der Waals surface area contributed by atoms with Crippen molar-refractivity contribution in [3.8, 4) is 0 Å². The van der Waals surface area contributed by atoms with Gasteiger partial charge in [-0.15, -0.1) is 5.12 Å². The first-order valence-electron chi connectivity index (χ1n) is 3.09. The maximum atomic E-state index is 12.7. The molecule has 9 heteroatoms. The van der Waals surface area contributed by atoms with Crippen LogP contribution in [0.2, 0.25) is 0 Å². The van der Waals surface area contributed by atoms with Crippen molar-refractivity contribution in [2.45, 2.75) is 6.41 Å². The van der Waals surface area contributed by atoms with E-state index in [2.05, 4.69) is 15.0 Å². The quantitative estimate of drug-likeness (QED) is 0.310. The third-order valence-corrected chi connectivity index (χ3v) is 1.05. The highest BCUT2D eigenvalue weighted by Gasteiger charge is 2.17. The first-order chi connectivity index (χ1) is 6.00. The summed E-state index contributed by atoms with van der Waals surface area (Å²) in [6.07, 6.45) is -2.37. The van der Waals surface area contributed by atoms with Crippen LogP contribution in [0, 0.1) is 0 Å². The van der Waals surface area contributed by atoms with Crippen LogP contribution < -0.4 is 16.6 Å². The molecule has 0 bridgehead atoms. The molecular formula is C4H7FN6O2. The van der Waals surface area contributed by atoms with Crippen molar-refractivity contribution < 1.29 is 14.7 Å². The van der Waals surface area contributed by atoms with Crippen LogP contribution in [-0.2, 0) is 0 Å². The van der Waals surface area contributed by atoms with E-state index in [0.29, 0.717) is 0 Å². The van der Waals surface area contributed by atoms with E-state index in [1.807, 2.05) is 0 Å². The van der Waals surface area contributed by atoms with Gasteiger partial charge in [-0.3, -0.25) is 0 Å². The van der Waals surface area contributed by atoms with E-state index in [9.17, 15) is 4.48 Å². The number of hydrogen-bond acceptors (Lipinski definition) is 8. The standard InChI is InChI=1S/C4H7FN6O2/c5-11(4(12)13)3-9-1(6)8-2(7)10-3/h4,12-13H,(H4,6,7,8,9,10). The Morgan fingerprint density at radius 1 is 1.15 bits per heavy atom. The average Bonchev–Trinajstić information content (AvgIpc) is 2.01. The second-order valence-corrected chi connectivity index (χ2v) is 2.01. The van der Waals surface area contributed by atoms with Crippen LogP contribution in [0.5, 0.6) is 0 Å². The van der Waals surface area contributed by atoms with E-state index >= 15 is 0 Å². The molecule has 6 N–H and O–H groups in total. The summed E-state index contributed by atoms with van der Waals surface area (Å²) in [6.45, 7) is 0. The third-order valence-electron chi connectivity index (χ3n) is 1.05. The summed E-state index contributed by atoms with van der Waals surface area (Å²) in [5, 5.41) is 16.2. The van der Waals surface area contributed by atoms with Gasteiger partial charge in [0.05, 0.1) is 0 Å². The van der Waals surface area contributed by atoms with Crippen molar-refractivity contribution in [3.63, 3.8) is 0 Å². The summed E-state index contributed by atoms with van der Waals surface area (Å²) in [6, 6.07) is 0. The van der Waals surface area contributed by atoms with E-state index in [-0.39, 0.29) is 11.9 Å². The molecular weight excluding hydrogens is 183 g/mol. The van der Waals surface area contributed by atoms with Crippen LogP contribution in [0.15, 0.2) is 0 Å². The zero-order chi connectivity index (χ0) is 10.0. The molecule has 0 amide bonds. The number of anilines is 3. The highest BCUT2D eigenvalue weighted by molar-refractivity contribution is 5.37. The molecule has 0 aliphatic rings. The van der Waals surface area contributed by atoms with E-state index in [0.717, 1.165) is 0 Å². The van der Waals surface area contributed by atoms with Gasteiger partial charge in [-0.05, 0) is 0 Å². The lowest BCUT2D eigenvalue weighted by molar-refractivity contribution is -0.0707. The minimum atomic E-state index is -2.37. The van der Waals surface area contributed by atoms with Crippen molar-refractivity contribution >= 4 is 17.8 Å². The number of nitrogens with two attached hydrogens (primary N) is 2. The van der Waals surface area contributed by atoms with Gasteiger partial charge in [0, 0.05) is 0 Å². The summed E-state index contributed by atoms with van der Waals surface area (Å²) in [5.74, 6) is -1.29. The first-order valence-corrected chi connectivity index (χ1v) is 3.09. The zero-order valence-electron chi connectivity index (χ0n) is 6.29. The Morgan fingerprint density at radius 3 is 2.00 bits per heavy atom. The number of nitrogen functional groups attached to an aromatic ring is 2. The number of nitrogens with zero attached hydrogens (tertiary/aromatic N) is 4. The molecule has 0 saturated heterocycles. The van der Waals surface area contributed by atoms with Crippen molar-refractivity contribution in [1.29, 1.82) is 0 Å². The van der Waals surface area contributed by atoms with Crippen molar-refractivity contribution in [2.75, 3.05) is 16.6 Å². The molecule has 8 nitrogen and oxygen atoms in total. The van der Waals surface area contributed by atoms with E-state index in [4.69, 9.17) is 21.7 Å². The molecule has 72 valence electrons. The fourth-order valence-corrected chi connectivity index (χ4v) is 0.596. The summed E-state index contributed by atoms with van der Waals surface area (Å²) < 4.78 is 12.7. The van der Waals surface area contributed by atoms with Gasteiger partial charge in [0.25, 0.3) is 12.4 Å². The molecule has 0 unspecified atom stereocenters.